The largest absolute Gasteiger partial charge is 0.331 e. The number of thiocarbonyl (C=S) groups is 1. The molecule has 2 rings (SSSR count). The summed E-state index contributed by atoms with van der Waals surface area (Å²) in [5, 5.41) is 5.98. The number of hydrogen-bond acceptors (Lipinski definition) is 2. The van der Waals surface area contributed by atoms with Gasteiger partial charge in [0.2, 0.25) is 5.91 Å². The number of rotatable bonds is 3. The zero-order chi connectivity index (χ0) is 15.2. The van der Waals surface area contributed by atoms with Gasteiger partial charge in [0.25, 0.3) is 0 Å². The number of hydrogen-bond donors (Lipinski definition) is 2. The van der Waals surface area contributed by atoms with Gasteiger partial charge >= 0.3 is 0 Å². The fraction of sp³-hybridized carbons (Fsp3) is 0.125. The van der Waals surface area contributed by atoms with E-state index in [1.165, 1.54) is 0 Å². The van der Waals surface area contributed by atoms with E-state index >= 15 is 0 Å². The summed E-state index contributed by atoms with van der Waals surface area (Å²) in [4.78, 5) is 11.9. The van der Waals surface area contributed by atoms with Crippen molar-refractivity contribution >= 4 is 44.9 Å². The van der Waals surface area contributed by atoms with Crippen LogP contribution >= 0.6 is 28.1 Å². The third-order valence-electron chi connectivity index (χ3n) is 2.83. The highest BCUT2D eigenvalue weighted by atomic mass is 79.9. The molecule has 2 N–H and O–H groups in total. The van der Waals surface area contributed by atoms with Crippen molar-refractivity contribution < 1.29 is 4.79 Å². The van der Waals surface area contributed by atoms with Crippen LogP contribution in [0.5, 0.6) is 0 Å². The predicted molar refractivity (Wildman–Crippen MR) is 93.4 cm³/mol. The smallest absolute Gasteiger partial charge is 0.230 e. The maximum absolute atomic E-state index is 11.9. The van der Waals surface area contributed by atoms with Crippen LogP contribution in [-0.2, 0) is 11.2 Å². The molecule has 0 bridgehead atoms. The summed E-state index contributed by atoms with van der Waals surface area (Å²) in [7, 11) is 0. The minimum atomic E-state index is -0.137. The van der Waals surface area contributed by atoms with Crippen LogP contribution in [0.1, 0.15) is 11.1 Å². The van der Waals surface area contributed by atoms with E-state index in [1.807, 2.05) is 55.5 Å². The van der Waals surface area contributed by atoms with Crippen molar-refractivity contribution in [1.29, 1.82) is 0 Å². The van der Waals surface area contributed by atoms with Crippen LogP contribution in [0.25, 0.3) is 0 Å². The lowest BCUT2D eigenvalue weighted by Gasteiger charge is -2.11. The highest BCUT2D eigenvalue weighted by Crippen LogP contribution is 2.23. The number of halogens is 1. The first-order valence-corrected chi connectivity index (χ1v) is 7.65. The number of aryl methyl sites for hydroxylation is 1. The highest BCUT2D eigenvalue weighted by Gasteiger charge is 2.07. The van der Waals surface area contributed by atoms with Crippen molar-refractivity contribution in [2.24, 2.45) is 0 Å². The van der Waals surface area contributed by atoms with Crippen LogP contribution in [0.4, 0.5) is 5.69 Å². The Balaban J connectivity index is 1.91. The van der Waals surface area contributed by atoms with Crippen LogP contribution in [0.2, 0.25) is 0 Å². The van der Waals surface area contributed by atoms with Crippen molar-refractivity contribution in [1.82, 2.24) is 5.32 Å². The molecule has 0 saturated heterocycles. The van der Waals surface area contributed by atoms with E-state index in [0.717, 1.165) is 21.3 Å². The Bertz CT molecular complexity index is 659. The second-order valence-electron chi connectivity index (χ2n) is 4.65. The third kappa shape index (κ3) is 4.95. The van der Waals surface area contributed by atoms with Gasteiger partial charge in [-0.15, -0.1) is 0 Å². The number of anilines is 1. The Labute approximate surface area is 137 Å². The summed E-state index contributed by atoms with van der Waals surface area (Å²) >= 11 is 8.62. The lowest BCUT2D eigenvalue weighted by atomic mass is 10.1. The van der Waals surface area contributed by atoms with E-state index in [1.54, 1.807) is 0 Å². The lowest BCUT2D eigenvalue weighted by Crippen LogP contribution is -2.35. The third-order valence-corrected chi connectivity index (χ3v) is 3.69. The normalized spacial score (nSPS) is 10.0. The van der Waals surface area contributed by atoms with Crippen molar-refractivity contribution in [3.05, 3.63) is 64.1 Å². The Morgan fingerprint density at radius 2 is 1.90 bits per heavy atom. The first-order chi connectivity index (χ1) is 10.0. The Kier molecular flexibility index (Phi) is 5.47. The molecule has 0 heterocycles. The van der Waals surface area contributed by atoms with Gasteiger partial charge in [-0.2, -0.15) is 0 Å². The molecule has 108 valence electrons. The van der Waals surface area contributed by atoms with E-state index < -0.39 is 0 Å². The van der Waals surface area contributed by atoms with Gasteiger partial charge in [-0.1, -0.05) is 36.4 Å². The second kappa shape index (κ2) is 7.33. The van der Waals surface area contributed by atoms with Crippen molar-refractivity contribution in [2.45, 2.75) is 13.3 Å². The first-order valence-electron chi connectivity index (χ1n) is 6.45. The van der Waals surface area contributed by atoms with Crippen molar-refractivity contribution in [2.75, 3.05) is 5.32 Å². The van der Waals surface area contributed by atoms with E-state index in [-0.39, 0.29) is 5.91 Å². The van der Waals surface area contributed by atoms with E-state index in [4.69, 9.17) is 12.2 Å². The van der Waals surface area contributed by atoms with Crippen molar-refractivity contribution in [3.63, 3.8) is 0 Å². The lowest BCUT2D eigenvalue weighted by molar-refractivity contribution is -0.119. The van der Waals surface area contributed by atoms with Gasteiger partial charge in [-0.05, 0) is 58.3 Å². The topological polar surface area (TPSA) is 41.1 Å². The molecule has 2 aromatic rings. The fourth-order valence-corrected chi connectivity index (χ4v) is 2.64. The molecular weight excluding hydrogens is 348 g/mol. The standard InChI is InChI=1S/C16H15BrN2OS/c1-11-7-8-14(13(17)9-11)18-16(21)19-15(20)10-12-5-3-2-4-6-12/h2-9H,10H2,1H3,(H2,18,19,20,21). The summed E-state index contributed by atoms with van der Waals surface area (Å²) in [5.41, 5.74) is 2.92. The molecule has 3 nitrogen and oxygen atoms in total. The minimum Gasteiger partial charge on any atom is -0.331 e. The monoisotopic (exact) mass is 362 g/mol. The van der Waals surface area contributed by atoms with Gasteiger partial charge in [0.15, 0.2) is 5.11 Å². The highest BCUT2D eigenvalue weighted by molar-refractivity contribution is 9.10. The summed E-state index contributed by atoms with van der Waals surface area (Å²) in [6.07, 6.45) is 0.303. The summed E-state index contributed by atoms with van der Waals surface area (Å²) in [6, 6.07) is 15.4. The van der Waals surface area contributed by atoms with Gasteiger partial charge in [0, 0.05) is 4.47 Å². The van der Waals surface area contributed by atoms with Gasteiger partial charge < -0.3 is 10.6 Å². The average molecular weight is 363 g/mol. The van der Waals surface area contributed by atoms with Crippen LogP contribution in [-0.4, -0.2) is 11.0 Å². The maximum atomic E-state index is 11.9. The Morgan fingerprint density at radius 1 is 1.19 bits per heavy atom. The van der Waals surface area contributed by atoms with E-state index in [0.29, 0.717) is 11.5 Å². The molecule has 0 aliphatic heterocycles. The van der Waals surface area contributed by atoms with Crippen LogP contribution in [0, 0.1) is 6.92 Å². The van der Waals surface area contributed by atoms with Gasteiger partial charge in [-0.3, -0.25) is 4.79 Å². The van der Waals surface area contributed by atoms with E-state index in [9.17, 15) is 4.79 Å². The molecule has 0 aliphatic carbocycles. The Morgan fingerprint density at radius 3 is 2.57 bits per heavy atom. The molecular formula is C16H15BrN2OS. The molecule has 0 atom stereocenters. The number of benzene rings is 2. The van der Waals surface area contributed by atoms with Gasteiger partial charge in [0.1, 0.15) is 0 Å². The molecule has 0 radical (unpaired) electrons. The first kappa shape index (κ1) is 15.7. The zero-order valence-corrected chi connectivity index (χ0v) is 13.9. The fourth-order valence-electron chi connectivity index (χ4n) is 1.83. The minimum absolute atomic E-state index is 0.137. The number of carbonyl (C=O) groups is 1. The summed E-state index contributed by atoms with van der Waals surface area (Å²) < 4.78 is 0.905. The Hall–Kier alpha value is -1.72. The quantitative estimate of drug-likeness (QED) is 0.815. The number of nitrogens with one attached hydrogen (secondary N) is 2. The molecule has 21 heavy (non-hydrogen) atoms. The summed E-state index contributed by atoms with van der Waals surface area (Å²) in [5.74, 6) is -0.137. The van der Waals surface area contributed by atoms with Crippen LogP contribution < -0.4 is 10.6 Å². The molecule has 0 aromatic heterocycles. The SMILES string of the molecule is Cc1ccc(NC(=S)NC(=O)Cc2ccccc2)c(Br)c1. The van der Waals surface area contributed by atoms with Crippen LogP contribution in [0.15, 0.2) is 53.0 Å². The van der Waals surface area contributed by atoms with Crippen LogP contribution in [0.3, 0.4) is 0 Å². The molecule has 1 amide bonds. The maximum Gasteiger partial charge on any atom is 0.230 e. The number of carbonyl (C=O) groups excluding carboxylic acids is 1. The molecule has 0 unspecified atom stereocenters. The van der Waals surface area contributed by atoms with E-state index in [2.05, 4.69) is 26.6 Å². The molecule has 0 saturated carbocycles. The molecule has 5 heteroatoms. The summed E-state index contributed by atoms with van der Waals surface area (Å²) in [6.45, 7) is 2.01. The van der Waals surface area contributed by atoms with Gasteiger partial charge in [0.05, 0.1) is 12.1 Å². The second-order valence-corrected chi connectivity index (χ2v) is 5.91. The molecule has 2 aromatic carbocycles. The predicted octanol–water partition coefficient (Wildman–Crippen LogP) is 3.81. The molecule has 0 aliphatic rings. The average Bonchev–Trinajstić information content (AvgIpc) is 2.43. The van der Waals surface area contributed by atoms with Crippen molar-refractivity contribution in [3.8, 4) is 0 Å². The molecule has 0 spiro atoms. The van der Waals surface area contributed by atoms with Gasteiger partial charge in [-0.25, -0.2) is 0 Å². The molecule has 0 fully saturated rings. The zero-order valence-electron chi connectivity index (χ0n) is 11.5. The number of amides is 1.